The first kappa shape index (κ1) is 12.6. The van der Waals surface area contributed by atoms with Crippen molar-refractivity contribution in [3.63, 3.8) is 0 Å². The van der Waals surface area contributed by atoms with Gasteiger partial charge in [0.25, 0.3) is 0 Å². The summed E-state index contributed by atoms with van der Waals surface area (Å²) in [7, 11) is 0. The monoisotopic (exact) mass is 270 g/mol. The van der Waals surface area contributed by atoms with Gasteiger partial charge in [-0.3, -0.25) is 0 Å². The predicted molar refractivity (Wildman–Crippen MR) is 81.1 cm³/mol. The number of hydrogen-bond acceptors (Lipinski definition) is 2. The van der Waals surface area contributed by atoms with Crippen molar-refractivity contribution < 1.29 is 4.74 Å². The normalized spacial score (nSPS) is 17.6. The lowest BCUT2D eigenvalue weighted by atomic mass is 10.0. The van der Waals surface area contributed by atoms with Crippen molar-refractivity contribution in [2.75, 3.05) is 5.75 Å². The van der Waals surface area contributed by atoms with E-state index in [-0.39, 0.29) is 0 Å². The second-order valence-electron chi connectivity index (χ2n) is 5.01. The molecular formula is C17H18OS. The van der Waals surface area contributed by atoms with Gasteiger partial charge in [-0.05, 0) is 43.5 Å². The Hall–Kier alpha value is -1.41. The zero-order valence-corrected chi connectivity index (χ0v) is 12.0. The minimum Gasteiger partial charge on any atom is -0.489 e. The van der Waals surface area contributed by atoms with Gasteiger partial charge in [-0.1, -0.05) is 35.9 Å². The van der Waals surface area contributed by atoms with E-state index in [0.29, 0.717) is 6.10 Å². The number of hydrogen-bond donors (Lipinski definition) is 0. The molecule has 2 aromatic rings. The molecule has 0 radical (unpaired) electrons. The van der Waals surface area contributed by atoms with Crippen molar-refractivity contribution in [3.8, 4) is 5.75 Å². The van der Waals surface area contributed by atoms with Gasteiger partial charge in [-0.15, -0.1) is 11.8 Å². The fourth-order valence-electron chi connectivity index (χ4n) is 2.32. The molecule has 0 saturated heterocycles. The van der Waals surface area contributed by atoms with Crippen molar-refractivity contribution >= 4 is 11.8 Å². The van der Waals surface area contributed by atoms with Crippen LogP contribution in [0.5, 0.6) is 5.75 Å². The second-order valence-corrected chi connectivity index (χ2v) is 6.10. The molecular weight excluding hydrogens is 252 g/mol. The van der Waals surface area contributed by atoms with Crippen molar-refractivity contribution in [3.05, 3.63) is 59.7 Å². The van der Waals surface area contributed by atoms with Crippen LogP contribution in [0.4, 0.5) is 0 Å². The topological polar surface area (TPSA) is 9.23 Å². The molecule has 1 heterocycles. The Kier molecular flexibility index (Phi) is 3.79. The van der Waals surface area contributed by atoms with Crippen molar-refractivity contribution in [1.29, 1.82) is 0 Å². The average Bonchev–Trinajstić information content (AvgIpc) is 2.46. The quantitative estimate of drug-likeness (QED) is 0.760. The number of rotatable bonds is 3. The third-order valence-corrected chi connectivity index (χ3v) is 4.60. The SMILES string of the molecule is Cc1ccc(SCC2CCc3ccccc3O2)cc1. The number of thioether (sulfide) groups is 1. The van der Waals surface area contributed by atoms with Crippen LogP contribution in [0.25, 0.3) is 0 Å². The lowest BCUT2D eigenvalue weighted by Gasteiger charge is -2.25. The Morgan fingerprint density at radius 2 is 1.89 bits per heavy atom. The Morgan fingerprint density at radius 3 is 2.74 bits per heavy atom. The predicted octanol–water partition coefficient (Wildman–Crippen LogP) is 4.48. The summed E-state index contributed by atoms with van der Waals surface area (Å²) in [6.45, 7) is 2.12. The minimum absolute atomic E-state index is 0.334. The molecule has 2 aromatic carbocycles. The maximum Gasteiger partial charge on any atom is 0.122 e. The lowest BCUT2D eigenvalue weighted by molar-refractivity contribution is 0.197. The molecule has 1 aliphatic heterocycles. The van der Waals surface area contributed by atoms with Crippen molar-refractivity contribution in [2.24, 2.45) is 0 Å². The first-order valence-corrected chi connectivity index (χ1v) is 7.74. The Bertz CT molecular complexity index is 547. The highest BCUT2D eigenvalue weighted by atomic mass is 32.2. The highest BCUT2D eigenvalue weighted by Crippen LogP contribution is 2.30. The summed E-state index contributed by atoms with van der Waals surface area (Å²) >= 11 is 1.89. The zero-order chi connectivity index (χ0) is 13.1. The first-order chi connectivity index (χ1) is 9.31. The van der Waals surface area contributed by atoms with Crippen LogP contribution in [0.2, 0.25) is 0 Å². The molecule has 1 aliphatic rings. The van der Waals surface area contributed by atoms with E-state index in [0.717, 1.165) is 24.3 Å². The maximum absolute atomic E-state index is 6.06. The zero-order valence-electron chi connectivity index (χ0n) is 11.1. The van der Waals surface area contributed by atoms with E-state index in [9.17, 15) is 0 Å². The summed E-state index contributed by atoms with van der Waals surface area (Å²) in [4.78, 5) is 1.33. The highest BCUT2D eigenvalue weighted by molar-refractivity contribution is 7.99. The summed E-state index contributed by atoms with van der Waals surface area (Å²) < 4.78 is 6.06. The molecule has 1 atom stereocenters. The fourth-order valence-corrected chi connectivity index (χ4v) is 3.26. The molecule has 0 aromatic heterocycles. The lowest BCUT2D eigenvalue weighted by Crippen LogP contribution is -2.24. The Morgan fingerprint density at radius 1 is 1.11 bits per heavy atom. The second kappa shape index (κ2) is 5.70. The highest BCUT2D eigenvalue weighted by Gasteiger charge is 2.19. The number of ether oxygens (including phenoxy) is 1. The van der Waals surface area contributed by atoms with Crippen LogP contribution >= 0.6 is 11.8 Å². The minimum atomic E-state index is 0.334. The Labute approximate surface area is 119 Å². The summed E-state index contributed by atoms with van der Waals surface area (Å²) in [5, 5.41) is 0. The van der Waals surface area contributed by atoms with Gasteiger partial charge in [0.15, 0.2) is 0 Å². The van der Waals surface area contributed by atoms with E-state index in [1.54, 1.807) is 0 Å². The first-order valence-electron chi connectivity index (χ1n) is 6.75. The summed E-state index contributed by atoms with van der Waals surface area (Å²) in [6.07, 6.45) is 2.59. The number of aryl methyl sites for hydroxylation is 2. The molecule has 3 rings (SSSR count). The number of benzene rings is 2. The van der Waals surface area contributed by atoms with Crippen LogP contribution in [0.15, 0.2) is 53.4 Å². The van der Waals surface area contributed by atoms with E-state index in [2.05, 4.69) is 49.4 Å². The van der Waals surface area contributed by atoms with E-state index in [1.807, 2.05) is 17.8 Å². The van der Waals surface area contributed by atoms with Crippen molar-refractivity contribution in [2.45, 2.75) is 30.8 Å². The van der Waals surface area contributed by atoms with Gasteiger partial charge in [-0.2, -0.15) is 0 Å². The summed E-state index contributed by atoms with van der Waals surface area (Å²) in [5.74, 6) is 2.10. The van der Waals surface area contributed by atoms with Crippen LogP contribution in [0, 0.1) is 6.92 Å². The van der Waals surface area contributed by atoms with Crippen LogP contribution in [-0.2, 0) is 6.42 Å². The largest absolute Gasteiger partial charge is 0.489 e. The molecule has 0 fully saturated rings. The van der Waals surface area contributed by atoms with Gasteiger partial charge in [0, 0.05) is 10.6 Å². The standard InChI is InChI=1S/C17H18OS/c1-13-6-10-16(11-7-13)19-12-15-9-8-14-4-2-3-5-17(14)18-15/h2-7,10-11,15H,8-9,12H2,1H3. The molecule has 1 unspecified atom stereocenters. The molecule has 2 heteroatoms. The average molecular weight is 270 g/mol. The van der Waals surface area contributed by atoms with Gasteiger partial charge >= 0.3 is 0 Å². The van der Waals surface area contributed by atoms with Crippen LogP contribution in [0.3, 0.4) is 0 Å². The van der Waals surface area contributed by atoms with E-state index in [4.69, 9.17) is 4.74 Å². The molecule has 0 spiro atoms. The smallest absolute Gasteiger partial charge is 0.122 e. The van der Waals surface area contributed by atoms with Gasteiger partial charge in [0.1, 0.15) is 11.9 Å². The molecule has 0 saturated carbocycles. The van der Waals surface area contributed by atoms with Gasteiger partial charge in [0.2, 0.25) is 0 Å². The molecule has 0 aliphatic carbocycles. The molecule has 0 amide bonds. The van der Waals surface area contributed by atoms with E-state index < -0.39 is 0 Å². The summed E-state index contributed by atoms with van der Waals surface area (Å²) in [6, 6.07) is 17.1. The molecule has 1 nitrogen and oxygen atoms in total. The number of para-hydroxylation sites is 1. The summed E-state index contributed by atoms with van der Waals surface area (Å²) in [5.41, 5.74) is 2.66. The van der Waals surface area contributed by atoms with E-state index >= 15 is 0 Å². The maximum atomic E-state index is 6.06. The van der Waals surface area contributed by atoms with Crippen LogP contribution < -0.4 is 4.74 Å². The van der Waals surface area contributed by atoms with Gasteiger partial charge < -0.3 is 4.74 Å². The third kappa shape index (κ3) is 3.13. The fraction of sp³-hybridized carbons (Fsp3) is 0.294. The number of fused-ring (bicyclic) bond motifs is 1. The van der Waals surface area contributed by atoms with Gasteiger partial charge in [0.05, 0.1) is 0 Å². The molecule has 0 bridgehead atoms. The Balaban J connectivity index is 1.59. The molecule has 19 heavy (non-hydrogen) atoms. The van der Waals surface area contributed by atoms with Crippen LogP contribution in [-0.4, -0.2) is 11.9 Å². The van der Waals surface area contributed by atoms with E-state index in [1.165, 1.54) is 16.0 Å². The third-order valence-electron chi connectivity index (χ3n) is 3.46. The molecule has 0 N–H and O–H groups in total. The molecule has 98 valence electrons. The van der Waals surface area contributed by atoms with Gasteiger partial charge in [-0.25, -0.2) is 0 Å². The van der Waals surface area contributed by atoms with Crippen LogP contribution in [0.1, 0.15) is 17.5 Å². The van der Waals surface area contributed by atoms with Crippen molar-refractivity contribution in [1.82, 2.24) is 0 Å².